The van der Waals surface area contributed by atoms with Crippen LogP contribution in [0.1, 0.15) is 19.5 Å². The van der Waals surface area contributed by atoms with Gasteiger partial charge in [0, 0.05) is 36.9 Å². The Morgan fingerprint density at radius 1 is 1.32 bits per heavy atom. The molecule has 0 atom stereocenters. The monoisotopic (exact) mass is 362 g/mol. The molecule has 22 heavy (non-hydrogen) atoms. The minimum absolute atomic E-state index is 0.0649. The van der Waals surface area contributed by atoms with Gasteiger partial charge in [-0.3, -0.25) is 4.79 Å². The molecule has 2 aromatic rings. The molecule has 0 amide bonds. The number of rotatable bonds is 6. The molecule has 0 saturated heterocycles. The van der Waals surface area contributed by atoms with Crippen molar-refractivity contribution in [2.45, 2.75) is 25.3 Å². The predicted molar refractivity (Wildman–Crippen MR) is 84.8 cm³/mol. The smallest absolute Gasteiger partial charge is 0.250 e. The van der Waals surface area contributed by atoms with E-state index in [1.807, 2.05) is 0 Å². The van der Waals surface area contributed by atoms with Crippen molar-refractivity contribution < 1.29 is 8.42 Å². The lowest BCUT2D eigenvalue weighted by Gasteiger charge is -2.18. The molecule has 2 aromatic heterocycles. The van der Waals surface area contributed by atoms with Crippen molar-refractivity contribution in [1.29, 1.82) is 0 Å². The summed E-state index contributed by atoms with van der Waals surface area (Å²) in [6.07, 6.45) is 1.31. The van der Waals surface area contributed by atoms with E-state index in [2.05, 4.69) is 9.59 Å². The van der Waals surface area contributed by atoms with Crippen LogP contribution in [0.15, 0.2) is 28.0 Å². The van der Waals surface area contributed by atoms with E-state index in [4.69, 9.17) is 11.6 Å². The molecule has 0 fully saturated rings. The number of nitrogens with zero attached hydrogens (tertiary/aromatic N) is 4. The number of pyridine rings is 1. The summed E-state index contributed by atoms with van der Waals surface area (Å²) in [5.74, 6) is 0. The van der Waals surface area contributed by atoms with Crippen molar-refractivity contribution in [3.63, 3.8) is 0 Å². The number of halogens is 1. The highest BCUT2D eigenvalue weighted by Gasteiger charge is 2.22. The van der Waals surface area contributed by atoms with Gasteiger partial charge in [0.25, 0.3) is 5.56 Å². The van der Waals surface area contributed by atoms with Gasteiger partial charge in [-0.25, -0.2) is 8.42 Å². The van der Waals surface area contributed by atoms with Gasteiger partial charge in [0.1, 0.15) is 10.0 Å². The second-order valence-corrected chi connectivity index (χ2v) is 7.71. The van der Waals surface area contributed by atoms with Crippen LogP contribution >= 0.6 is 23.1 Å². The molecule has 0 bridgehead atoms. The molecule has 7 nitrogen and oxygen atoms in total. The second kappa shape index (κ2) is 6.86. The van der Waals surface area contributed by atoms with Crippen LogP contribution in [0.25, 0.3) is 0 Å². The van der Waals surface area contributed by atoms with E-state index in [9.17, 15) is 13.2 Å². The molecular formula is C12H15ClN4O3S2. The molecule has 10 heteroatoms. The molecule has 0 radical (unpaired) electrons. The third kappa shape index (κ3) is 3.37. The van der Waals surface area contributed by atoms with Crippen LogP contribution < -0.4 is 5.56 Å². The van der Waals surface area contributed by atoms with Crippen molar-refractivity contribution >= 4 is 33.2 Å². The van der Waals surface area contributed by atoms with Gasteiger partial charge in [-0.2, -0.15) is 4.31 Å². The molecule has 0 saturated carbocycles. The fraction of sp³-hybridized carbons (Fsp3) is 0.417. The summed E-state index contributed by atoms with van der Waals surface area (Å²) in [4.78, 5) is 12.0. The first-order valence-electron chi connectivity index (χ1n) is 6.57. The van der Waals surface area contributed by atoms with E-state index in [0.29, 0.717) is 23.1 Å². The van der Waals surface area contributed by atoms with E-state index >= 15 is 0 Å². The van der Waals surface area contributed by atoms with Gasteiger partial charge in [0.05, 0.1) is 11.4 Å². The average Bonchev–Trinajstić information content (AvgIpc) is 2.87. The Kier molecular flexibility index (Phi) is 5.32. The van der Waals surface area contributed by atoms with Crippen LogP contribution in [0.5, 0.6) is 0 Å². The maximum atomic E-state index is 12.5. The van der Waals surface area contributed by atoms with Crippen molar-refractivity contribution in [2.75, 3.05) is 13.1 Å². The van der Waals surface area contributed by atoms with Gasteiger partial charge in [-0.1, -0.05) is 29.9 Å². The topological polar surface area (TPSA) is 85.2 Å². The zero-order valence-corrected chi connectivity index (χ0v) is 14.5. The fourth-order valence-corrected chi connectivity index (χ4v) is 4.04. The van der Waals surface area contributed by atoms with Gasteiger partial charge in [0.2, 0.25) is 10.0 Å². The first-order valence-corrected chi connectivity index (χ1v) is 9.16. The zero-order chi connectivity index (χ0) is 16.3. The summed E-state index contributed by atoms with van der Waals surface area (Å²) < 4.78 is 31.6. The van der Waals surface area contributed by atoms with Crippen LogP contribution in [-0.2, 0) is 16.6 Å². The Labute approximate surface area is 137 Å². The number of hydrogen-bond donors (Lipinski definition) is 0. The lowest BCUT2D eigenvalue weighted by molar-refractivity contribution is 0.444. The molecule has 0 unspecified atom stereocenters. The molecular weight excluding hydrogens is 348 g/mol. The highest BCUT2D eigenvalue weighted by atomic mass is 35.5. The van der Waals surface area contributed by atoms with E-state index < -0.39 is 10.0 Å². The Hall–Kier alpha value is -1.29. The van der Waals surface area contributed by atoms with Crippen LogP contribution in [-0.4, -0.2) is 40.0 Å². The molecule has 0 aromatic carbocycles. The van der Waals surface area contributed by atoms with E-state index in [0.717, 1.165) is 11.5 Å². The number of hydrogen-bond acceptors (Lipinski definition) is 6. The van der Waals surface area contributed by atoms with Crippen LogP contribution in [0.2, 0.25) is 4.34 Å². The normalized spacial score (nSPS) is 12.0. The van der Waals surface area contributed by atoms with Crippen LogP contribution in [0, 0.1) is 0 Å². The molecule has 2 heterocycles. The Bertz CT molecular complexity index is 812. The first-order chi connectivity index (χ1) is 10.4. The SMILES string of the molecule is CCN(CC)S(=O)(=O)c1ccc(=O)n(Cc2nnsc2Cl)c1. The Balaban J connectivity index is 2.43. The summed E-state index contributed by atoms with van der Waals surface area (Å²) >= 11 is 6.93. The van der Waals surface area contributed by atoms with Crippen molar-refractivity contribution in [2.24, 2.45) is 0 Å². The zero-order valence-electron chi connectivity index (χ0n) is 12.1. The highest BCUT2D eigenvalue weighted by Crippen LogP contribution is 2.19. The minimum Gasteiger partial charge on any atom is -0.308 e. The van der Waals surface area contributed by atoms with E-state index in [-0.39, 0.29) is 17.0 Å². The highest BCUT2D eigenvalue weighted by molar-refractivity contribution is 7.89. The van der Waals surface area contributed by atoms with Gasteiger partial charge in [0.15, 0.2) is 0 Å². The molecule has 0 N–H and O–H groups in total. The quantitative estimate of drug-likeness (QED) is 0.776. The molecule has 2 rings (SSSR count). The summed E-state index contributed by atoms with van der Waals surface area (Å²) in [6.45, 7) is 4.32. The summed E-state index contributed by atoms with van der Waals surface area (Å²) in [5, 5.41) is 3.83. The third-order valence-corrected chi connectivity index (χ3v) is 6.15. The minimum atomic E-state index is -3.62. The van der Waals surface area contributed by atoms with Crippen LogP contribution in [0.4, 0.5) is 0 Å². The maximum absolute atomic E-state index is 12.5. The molecule has 120 valence electrons. The summed E-state index contributed by atoms with van der Waals surface area (Å²) in [6, 6.07) is 2.54. The number of sulfonamides is 1. The third-order valence-electron chi connectivity index (χ3n) is 3.13. The van der Waals surface area contributed by atoms with Gasteiger partial charge in [-0.15, -0.1) is 5.10 Å². The molecule has 0 spiro atoms. The summed E-state index contributed by atoms with van der Waals surface area (Å²) in [7, 11) is -3.62. The maximum Gasteiger partial charge on any atom is 0.250 e. The van der Waals surface area contributed by atoms with Crippen LogP contribution in [0.3, 0.4) is 0 Å². The van der Waals surface area contributed by atoms with Crippen molar-refractivity contribution in [1.82, 2.24) is 18.5 Å². The molecule has 0 aliphatic rings. The Morgan fingerprint density at radius 2 is 2.00 bits per heavy atom. The Morgan fingerprint density at radius 3 is 2.55 bits per heavy atom. The van der Waals surface area contributed by atoms with Gasteiger partial charge >= 0.3 is 0 Å². The van der Waals surface area contributed by atoms with Crippen molar-refractivity contribution in [3.05, 3.63) is 38.7 Å². The molecule has 0 aliphatic carbocycles. The number of aromatic nitrogens is 3. The lowest BCUT2D eigenvalue weighted by Crippen LogP contribution is -2.32. The second-order valence-electron chi connectivity index (χ2n) is 4.41. The van der Waals surface area contributed by atoms with Crippen molar-refractivity contribution in [3.8, 4) is 0 Å². The van der Waals surface area contributed by atoms with E-state index in [1.54, 1.807) is 13.8 Å². The molecule has 0 aliphatic heterocycles. The average molecular weight is 363 g/mol. The fourth-order valence-electron chi connectivity index (χ4n) is 1.95. The predicted octanol–water partition coefficient (Wildman–Crippen LogP) is 1.43. The lowest BCUT2D eigenvalue weighted by atomic mass is 10.4. The van der Waals surface area contributed by atoms with Gasteiger partial charge < -0.3 is 4.57 Å². The first kappa shape index (κ1) is 17.1. The largest absolute Gasteiger partial charge is 0.308 e. The van der Waals surface area contributed by atoms with Gasteiger partial charge in [-0.05, 0) is 6.07 Å². The van der Waals surface area contributed by atoms with E-state index in [1.165, 1.54) is 27.2 Å². The standard InChI is InChI=1S/C12H15ClN4O3S2/c1-3-17(4-2)22(19,20)9-5-6-11(18)16(7-9)8-10-12(13)21-15-14-10/h5-7H,3-4,8H2,1-2H3. The summed E-state index contributed by atoms with van der Waals surface area (Å²) in [5.41, 5.74) is 0.105.